The molecule has 2 unspecified atom stereocenters. The largest absolute Gasteiger partial charge is 0.378 e. The van der Waals surface area contributed by atoms with Gasteiger partial charge in [0.05, 0.1) is 6.04 Å². The zero-order chi connectivity index (χ0) is 25.1. The lowest BCUT2D eigenvalue weighted by Crippen LogP contribution is -2.53. The topological polar surface area (TPSA) is 59.1 Å². The van der Waals surface area contributed by atoms with Gasteiger partial charge in [0, 0.05) is 79.9 Å². The highest BCUT2D eigenvalue weighted by Gasteiger charge is 2.33. The number of piperazine rings is 1. The van der Waals surface area contributed by atoms with E-state index in [4.69, 9.17) is 11.6 Å². The molecule has 188 valence electrons. The summed E-state index contributed by atoms with van der Waals surface area (Å²) >= 11 is 6.08. The summed E-state index contributed by atoms with van der Waals surface area (Å²) in [7, 11) is 0. The monoisotopic (exact) mass is 497 g/mol. The second-order valence-electron chi connectivity index (χ2n) is 9.35. The zero-order valence-corrected chi connectivity index (χ0v) is 21.9. The first kappa shape index (κ1) is 25.2. The fraction of sp³-hybridized carbons (Fsp3) is 0.481. The first-order valence-corrected chi connectivity index (χ1v) is 12.9. The van der Waals surface area contributed by atoms with Crippen molar-refractivity contribution in [2.45, 2.75) is 46.2 Å². The normalized spacial score (nSPS) is 19.9. The highest BCUT2D eigenvalue weighted by atomic mass is 35.5. The standard InChI is InChI=1S/C27H36ClN5O2/c1-5-30(6-2)27(35)32-15-13-31(14-16-32)23-11-12-26-24(18-23)25(17-19(3)33(26)20(4)34)29-22-9-7-21(28)8-10-22/h7-12,18-19,25,29H,5-6,13-17H2,1-4H3. The van der Waals surface area contributed by atoms with Crippen molar-refractivity contribution in [1.29, 1.82) is 0 Å². The number of carbonyl (C=O) groups excluding carboxylic acids is 2. The fourth-order valence-electron chi connectivity index (χ4n) is 5.26. The minimum Gasteiger partial charge on any atom is -0.378 e. The van der Waals surface area contributed by atoms with Crippen LogP contribution in [0.2, 0.25) is 5.02 Å². The van der Waals surface area contributed by atoms with Crippen molar-refractivity contribution in [1.82, 2.24) is 9.80 Å². The van der Waals surface area contributed by atoms with Crippen LogP contribution in [0.5, 0.6) is 0 Å². The number of nitrogens with zero attached hydrogens (tertiary/aromatic N) is 4. The average molecular weight is 498 g/mol. The van der Waals surface area contributed by atoms with E-state index in [-0.39, 0.29) is 24.0 Å². The van der Waals surface area contributed by atoms with Crippen LogP contribution >= 0.6 is 11.6 Å². The molecule has 1 fully saturated rings. The summed E-state index contributed by atoms with van der Waals surface area (Å²) in [5.74, 6) is 0.0555. The molecule has 8 heteroatoms. The van der Waals surface area contributed by atoms with Gasteiger partial charge in [-0.2, -0.15) is 0 Å². The molecule has 0 aromatic heterocycles. The molecule has 2 aliphatic rings. The third-order valence-corrected chi connectivity index (χ3v) is 7.39. The minimum absolute atomic E-state index is 0.0555. The van der Waals surface area contributed by atoms with Crippen molar-refractivity contribution >= 4 is 40.6 Å². The number of benzene rings is 2. The number of amides is 3. The number of halogens is 1. The molecular weight excluding hydrogens is 462 g/mol. The van der Waals surface area contributed by atoms with Crippen LogP contribution < -0.4 is 15.1 Å². The lowest BCUT2D eigenvalue weighted by atomic mass is 9.90. The van der Waals surface area contributed by atoms with E-state index in [1.807, 2.05) is 52.8 Å². The molecule has 0 aliphatic carbocycles. The molecule has 7 nitrogen and oxygen atoms in total. The van der Waals surface area contributed by atoms with Crippen molar-refractivity contribution in [3.63, 3.8) is 0 Å². The van der Waals surface area contributed by atoms with E-state index in [2.05, 4.69) is 35.3 Å². The Morgan fingerprint density at radius 2 is 1.69 bits per heavy atom. The quantitative estimate of drug-likeness (QED) is 0.615. The molecule has 0 spiro atoms. The van der Waals surface area contributed by atoms with Crippen molar-refractivity contribution in [2.75, 3.05) is 54.4 Å². The Labute approximate surface area is 213 Å². The minimum atomic E-state index is 0.0555. The first-order valence-electron chi connectivity index (χ1n) is 12.6. The molecule has 2 aromatic carbocycles. The lowest BCUT2D eigenvalue weighted by Gasteiger charge is -2.41. The molecule has 0 radical (unpaired) electrons. The van der Waals surface area contributed by atoms with Crippen molar-refractivity contribution < 1.29 is 9.59 Å². The number of fused-ring (bicyclic) bond motifs is 1. The number of hydrogen-bond donors (Lipinski definition) is 1. The van der Waals surface area contributed by atoms with Crippen LogP contribution in [-0.2, 0) is 4.79 Å². The predicted octanol–water partition coefficient (Wildman–Crippen LogP) is 5.22. The van der Waals surface area contributed by atoms with E-state index < -0.39 is 0 Å². The number of anilines is 3. The molecule has 1 saturated heterocycles. The summed E-state index contributed by atoms with van der Waals surface area (Å²) < 4.78 is 0. The Morgan fingerprint density at radius 3 is 2.29 bits per heavy atom. The van der Waals surface area contributed by atoms with Crippen molar-refractivity contribution in [3.8, 4) is 0 Å². The summed E-state index contributed by atoms with van der Waals surface area (Å²) in [4.78, 5) is 33.3. The molecule has 35 heavy (non-hydrogen) atoms. The van der Waals surface area contributed by atoms with Gasteiger partial charge in [-0.1, -0.05) is 11.6 Å². The first-order chi connectivity index (χ1) is 16.8. The summed E-state index contributed by atoms with van der Waals surface area (Å²) in [6.45, 7) is 12.2. The third kappa shape index (κ3) is 5.35. The fourth-order valence-corrected chi connectivity index (χ4v) is 5.39. The maximum atomic E-state index is 12.7. The van der Waals surface area contributed by atoms with Gasteiger partial charge < -0.3 is 24.9 Å². The molecule has 3 amide bonds. The number of hydrogen-bond acceptors (Lipinski definition) is 4. The second kappa shape index (κ2) is 10.8. The Balaban J connectivity index is 1.57. The predicted molar refractivity (Wildman–Crippen MR) is 144 cm³/mol. The smallest absolute Gasteiger partial charge is 0.320 e. The molecule has 4 rings (SSSR count). The third-order valence-electron chi connectivity index (χ3n) is 7.14. The van der Waals surface area contributed by atoms with Gasteiger partial charge in [-0.3, -0.25) is 4.79 Å². The van der Waals surface area contributed by atoms with E-state index in [1.165, 1.54) is 0 Å². The molecule has 2 aromatic rings. The van der Waals surface area contributed by atoms with Gasteiger partial charge in [0.15, 0.2) is 0 Å². The van der Waals surface area contributed by atoms with Gasteiger partial charge in [-0.15, -0.1) is 0 Å². The van der Waals surface area contributed by atoms with Crippen LogP contribution in [0.1, 0.15) is 45.7 Å². The molecule has 1 N–H and O–H groups in total. The average Bonchev–Trinajstić information content (AvgIpc) is 2.85. The summed E-state index contributed by atoms with van der Waals surface area (Å²) in [5.41, 5.74) is 4.21. The Hall–Kier alpha value is -2.93. The molecule has 0 bridgehead atoms. The van der Waals surface area contributed by atoms with Crippen LogP contribution in [0.3, 0.4) is 0 Å². The molecule has 2 atom stereocenters. The van der Waals surface area contributed by atoms with Crippen molar-refractivity contribution in [3.05, 3.63) is 53.1 Å². The van der Waals surface area contributed by atoms with Crippen LogP contribution in [-0.4, -0.2) is 67.0 Å². The number of carbonyl (C=O) groups is 2. The maximum Gasteiger partial charge on any atom is 0.320 e. The molecule has 0 saturated carbocycles. The SMILES string of the molecule is CCN(CC)C(=O)N1CCN(c2ccc3c(c2)C(Nc2ccc(Cl)cc2)CC(C)N3C(C)=O)CC1. The van der Waals surface area contributed by atoms with Crippen molar-refractivity contribution in [2.24, 2.45) is 0 Å². The summed E-state index contributed by atoms with van der Waals surface area (Å²) in [6, 6.07) is 14.4. The van der Waals surface area contributed by atoms with E-state index in [0.717, 1.165) is 55.2 Å². The second-order valence-corrected chi connectivity index (χ2v) is 9.79. The Morgan fingerprint density at radius 1 is 1.03 bits per heavy atom. The van der Waals surface area contributed by atoms with Gasteiger partial charge in [0.25, 0.3) is 0 Å². The van der Waals surface area contributed by atoms with E-state index in [1.54, 1.807) is 6.92 Å². The summed E-state index contributed by atoms with van der Waals surface area (Å²) in [6.07, 6.45) is 0.810. The van der Waals surface area contributed by atoms with E-state index >= 15 is 0 Å². The van der Waals surface area contributed by atoms with Gasteiger partial charge in [-0.25, -0.2) is 4.79 Å². The zero-order valence-electron chi connectivity index (χ0n) is 21.1. The Kier molecular flexibility index (Phi) is 7.75. The van der Waals surface area contributed by atoms with Gasteiger partial charge in [-0.05, 0) is 69.7 Å². The number of rotatable bonds is 5. The van der Waals surface area contributed by atoms with Gasteiger partial charge >= 0.3 is 6.03 Å². The van der Waals surface area contributed by atoms with Crippen LogP contribution in [0, 0.1) is 0 Å². The lowest BCUT2D eigenvalue weighted by molar-refractivity contribution is -0.117. The molecule has 2 heterocycles. The highest BCUT2D eigenvalue weighted by molar-refractivity contribution is 6.30. The van der Waals surface area contributed by atoms with Crippen LogP contribution in [0.25, 0.3) is 0 Å². The van der Waals surface area contributed by atoms with Crippen LogP contribution in [0.15, 0.2) is 42.5 Å². The molecular formula is C27H36ClN5O2. The van der Waals surface area contributed by atoms with Gasteiger partial charge in [0.2, 0.25) is 5.91 Å². The maximum absolute atomic E-state index is 12.7. The van der Waals surface area contributed by atoms with Crippen LogP contribution in [0.4, 0.5) is 21.9 Å². The number of urea groups is 1. The van der Waals surface area contributed by atoms with E-state index in [9.17, 15) is 9.59 Å². The van der Waals surface area contributed by atoms with Gasteiger partial charge in [0.1, 0.15) is 0 Å². The summed E-state index contributed by atoms with van der Waals surface area (Å²) in [5, 5.41) is 4.36. The number of nitrogens with one attached hydrogen (secondary N) is 1. The highest BCUT2D eigenvalue weighted by Crippen LogP contribution is 2.41. The molecule has 2 aliphatic heterocycles. The van der Waals surface area contributed by atoms with E-state index in [0.29, 0.717) is 18.1 Å². The Bertz CT molecular complexity index is 1050.